The highest BCUT2D eigenvalue weighted by Crippen LogP contribution is 2.24. The largest absolute Gasteiger partial charge is 0.497 e. The van der Waals surface area contributed by atoms with Crippen molar-refractivity contribution in [3.63, 3.8) is 0 Å². The van der Waals surface area contributed by atoms with Gasteiger partial charge in [-0.1, -0.05) is 0 Å². The zero-order valence-electron chi connectivity index (χ0n) is 11.1. The Morgan fingerprint density at radius 1 is 1.30 bits per heavy atom. The highest BCUT2D eigenvalue weighted by Gasteiger charge is 2.13. The highest BCUT2D eigenvalue weighted by molar-refractivity contribution is 6.32. The van der Waals surface area contributed by atoms with Gasteiger partial charge in [0, 0.05) is 12.1 Å². The SMILES string of the molecule is COc1ccc(OC)c(CNC(=O)c2ccoc2Cl)c1. The third-order valence-corrected chi connectivity index (χ3v) is 3.08. The van der Waals surface area contributed by atoms with Crippen LogP contribution in [0.25, 0.3) is 0 Å². The molecule has 2 rings (SSSR count). The van der Waals surface area contributed by atoms with Crippen LogP contribution in [0.5, 0.6) is 11.5 Å². The van der Waals surface area contributed by atoms with Crippen LogP contribution in [0.4, 0.5) is 0 Å². The van der Waals surface area contributed by atoms with Gasteiger partial charge in [0.1, 0.15) is 11.5 Å². The third-order valence-electron chi connectivity index (χ3n) is 2.79. The Hall–Kier alpha value is -2.14. The Labute approximate surface area is 121 Å². The van der Waals surface area contributed by atoms with Gasteiger partial charge in [-0.2, -0.15) is 0 Å². The lowest BCUT2D eigenvalue weighted by atomic mass is 10.2. The van der Waals surface area contributed by atoms with Crippen LogP contribution in [0.1, 0.15) is 15.9 Å². The van der Waals surface area contributed by atoms with Crippen LogP contribution < -0.4 is 14.8 Å². The molecule has 1 aromatic heterocycles. The molecule has 6 heteroatoms. The minimum atomic E-state index is -0.311. The first-order valence-electron chi connectivity index (χ1n) is 5.87. The highest BCUT2D eigenvalue weighted by atomic mass is 35.5. The molecule has 1 N–H and O–H groups in total. The van der Waals surface area contributed by atoms with Crippen LogP contribution in [0.15, 0.2) is 34.9 Å². The van der Waals surface area contributed by atoms with Gasteiger partial charge in [0.15, 0.2) is 0 Å². The molecular formula is C14H14ClNO4. The Morgan fingerprint density at radius 2 is 2.10 bits per heavy atom. The van der Waals surface area contributed by atoms with Gasteiger partial charge in [-0.15, -0.1) is 0 Å². The van der Waals surface area contributed by atoms with E-state index in [9.17, 15) is 4.79 Å². The lowest BCUT2D eigenvalue weighted by molar-refractivity contribution is 0.0950. The van der Waals surface area contributed by atoms with Crippen molar-refractivity contribution in [1.82, 2.24) is 5.32 Å². The molecule has 0 aliphatic carbocycles. The summed E-state index contributed by atoms with van der Waals surface area (Å²) in [5.74, 6) is 1.05. The quantitative estimate of drug-likeness (QED) is 0.921. The summed E-state index contributed by atoms with van der Waals surface area (Å²) in [7, 11) is 3.15. The van der Waals surface area contributed by atoms with Crippen molar-refractivity contribution in [1.29, 1.82) is 0 Å². The number of methoxy groups -OCH3 is 2. The number of nitrogens with one attached hydrogen (secondary N) is 1. The summed E-state index contributed by atoms with van der Waals surface area (Å²) in [4.78, 5) is 11.9. The maximum atomic E-state index is 11.9. The number of amides is 1. The first-order chi connectivity index (χ1) is 9.65. The van der Waals surface area contributed by atoms with Crippen molar-refractivity contribution < 1.29 is 18.7 Å². The van der Waals surface area contributed by atoms with Crippen LogP contribution in [-0.2, 0) is 6.54 Å². The molecule has 0 aliphatic rings. The minimum absolute atomic E-state index is 0.0695. The number of furan rings is 1. The molecule has 2 aromatic rings. The molecule has 0 saturated carbocycles. The van der Waals surface area contributed by atoms with Crippen molar-refractivity contribution in [2.75, 3.05) is 14.2 Å². The predicted octanol–water partition coefficient (Wildman–Crippen LogP) is 2.88. The van der Waals surface area contributed by atoms with Gasteiger partial charge < -0.3 is 19.2 Å². The standard InChI is InChI=1S/C14H14ClNO4/c1-18-10-3-4-12(19-2)9(7-10)8-16-14(17)11-5-6-20-13(11)15/h3-7H,8H2,1-2H3,(H,16,17). The van der Waals surface area contributed by atoms with Crippen LogP contribution >= 0.6 is 11.6 Å². The van der Waals surface area contributed by atoms with Crippen LogP contribution in [0.2, 0.25) is 5.22 Å². The van der Waals surface area contributed by atoms with Crippen molar-refractivity contribution in [3.8, 4) is 11.5 Å². The summed E-state index contributed by atoms with van der Waals surface area (Å²) in [6, 6.07) is 6.89. The Morgan fingerprint density at radius 3 is 2.70 bits per heavy atom. The molecule has 0 aliphatic heterocycles. The van der Waals surface area contributed by atoms with E-state index in [-0.39, 0.29) is 11.1 Å². The van der Waals surface area contributed by atoms with E-state index in [1.165, 1.54) is 12.3 Å². The summed E-state index contributed by atoms with van der Waals surface area (Å²) >= 11 is 5.75. The first kappa shape index (κ1) is 14.3. The maximum absolute atomic E-state index is 11.9. The number of rotatable bonds is 5. The molecule has 0 atom stereocenters. The number of ether oxygens (including phenoxy) is 2. The van der Waals surface area contributed by atoms with Crippen molar-refractivity contribution in [2.24, 2.45) is 0 Å². The molecular weight excluding hydrogens is 282 g/mol. The molecule has 1 heterocycles. The lowest BCUT2D eigenvalue weighted by Crippen LogP contribution is -2.22. The maximum Gasteiger partial charge on any atom is 0.256 e. The lowest BCUT2D eigenvalue weighted by Gasteiger charge is -2.11. The van der Waals surface area contributed by atoms with Crippen molar-refractivity contribution in [3.05, 3.63) is 46.9 Å². The monoisotopic (exact) mass is 295 g/mol. The fraction of sp³-hybridized carbons (Fsp3) is 0.214. The number of benzene rings is 1. The Balaban J connectivity index is 2.10. The van der Waals surface area contributed by atoms with E-state index in [1.54, 1.807) is 32.4 Å². The number of carbonyl (C=O) groups excluding carboxylic acids is 1. The van der Waals surface area contributed by atoms with Gasteiger partial charge in [0.2, 0.25) is 5.22 Å². The average Bonchev–Trinajstić information content (AvgIpc) is 2.90. The first-order valence-corrected chi connectivity index (χ1v) is 6.25. The van der Waals surface area contributed by atoms with Gasteiger partial charge in [0.25, 0.3) is 5.91 Å². The molecule has 0 saturated heterocycles. The van der Waals surface area contributed by atoms with Crippen molar-refractivity contribution >= 4 is 17.5 Å². The normalized spacial score (nSPS) is 10.2. The van der Waals surface area contributed by atoms with E-state index in [2.05, 4.69) is 5.32 Å². The van der Waals surface area contributed by atoms with E-state index < -0.39 is 0 Å². The molecule has 0 bridgehead atoms. The molecule has 20 heavy (non-hydrogen) atoms. The second-order valence-corrected chi connectivity index (χ2v) is 4.31. The van der Waals surface area contributed by atoms with Gasteiger partial charge in [0.05, 0.1) is 26.0 Å². The van der Waals surface area contributed by atoms with Gasteiger partial charge in [-0.25, -0.2) is 0 Å². The average molecular weight is 296 g/mol. The van der Waals surface area contributed by atoms with Crippen LogP contribution in [0, 0.1) is 0 Å². The van der Waals surface area contributed by atoms with Gasteiger partial charge >= 0.3 is 0 Å². The summed E-state index contributed by atoms with van der Waals surface area (Å²) in [5.41, 5.74) is 1.10. The fourth-order valence-electron chi connectivity index (χ4n) is 1.75. The summed E-state index contributed by atoms with van der Waals surface area (Å²) in [6.07, 6.45) is 1.36. The Kier molecular flexibility index (Phi) is 4.53. The third kappa shape index (κ3) is 3.05. The number of carbonyl (C=O) groups is 1. The Bertz CT molecular complexity index is 609. The van der Waals surface area contributed by atoms with E-state index in [1.807, 2.05) is 0 Å². The van der Waals surface area contributed by atoms with E-state index in [4.69, 9.17) is 25.5 Å². The van der Waals surface area contributed by atoms with E-state index >= 15 is 0 Å². The van der Waals surface area contributed by atoms with E-state index in [0.717, 1.165) is 5.56 Å². The minimum Gasteiger partial charge on any atom is -0.497 e. The van der Waals surface area contributed by atoms with Crippen LogP contribution in [-0.4, -0.2) is 20.1 Å². The molecule has 5 nitrogen and oxygen atoms in total. The smallest absolute Gasteiger partial charge is 0.256 e. The van der Waals surface area contributed by atoms with Crippen molar-refractivity contribution in [2.45, 2.75) is 6.54 Å². The summed E-state index contributed by atoms with van der Waals surface area (Å²) in [5, 5.41) is 2.82. The number of hydrogen-bond acceptors (Lipinski definition) is 4. The number of halogens is 1. The summed E-state index contributed by atoms with van der Waals surface area (Å²) in [6.45, 7) is 0.292. The zero-order valence-corrected chi connectivity index (χ0v) is 11.9. The number of hydrogen-bond donors (Lipinski definition) is 1. The molecule has 0 fully saturated rings. The van der Waals surface area contributed by atoms with Crippen LogP contribution in [0.3, 0.4) is 0 Å². The topological polar surface area (TPSA) is 60.7 Å². The van der Waals surface area contributed by atoms with Gasteiger partial charge in [-0.05, 0) is 35.9 Å². The molecule has 1 aromatic carbocycles. The predicted molar refractivity (Wildman–Crippen MR) is 74.4 cm³/mol. The molecule has 1 amide bonds. The summed E-state index contributed by atoms with van der Waals surface area (Å²) < 4.78 is 15.3. The zero-order chi connectivity index (χ0) is 14.5. The fourth-order valence-corrected chi connectivity index (χ4v) is 1.95. The molecule has 106 valence electrons. The second-order valence-electron chi connectivity index (χ2n) is 3.97. The molecule has 0 unspecified atom stereocenters. The molecule has 0 spiro atoms. The second kappa shape index (κ2) is 6.34. The van der Waals surface area contributed by atoms with E-state index in [0.29, 0.717) is 23.6 Å². The van der Waals surface area contributed by atoms with Gasteiger partial charge in [-0.3, -0.25) is 4.79 Å². The molecule has 0 radical (unpaired) electrons.